The van der Waals surface area contributed by atoms with Crippen LogP contribution in [0.3, 0.4) is 0 Å². The molecule has 3 aromatic rings. The van der Waals surface area contributed by atoms with Gasteiger partial charge in [-0.3, -0.25) is 0 Å². The molecule has 4 heteroatoms. The summed E-state index contributed by atoms with van der Waals surface area (Å²) >= 11 is 7.17. The number of hydrogen-bond donors (Lipinski definition) is 0. The molecule has 0 heterocycles. The Bertz CT molecular complexity index is 1570. The van der Waals surface area contributed by atoms with Gasteiger partial charge in [-0.15, -0.1) is 11.3 Å². The number of nitrogens with zero attached hydrogens (tertiary/aromatic N) is 1. The van der Waals surface area contributed by atoms with Crippen LogP contribution in [-0.2, 0) is 0 Å². The maximum Gasteiger partial charge on any atom is 0.146 e. The smallest absolute Gasteiger partial charge is 0.146 e. The van der Waals surface area contributed by atoms with Crippen LogP contribution in [0.15, 0.2) is 105 Å². The van der Waals surface area contributed by atoms with Crippen LogP contribution in [-0.4, -0.2) is 8.07 Å². The second-order valence-electron chi connectivity index (χ2n) is 13.4. The standard InChI is InChI=1S/C42H51Br2NSi/c1-8-9-12-34(15-16-35-13-10-11-14-36(35)29-30-46(31(2)3,32(4)5)33(6)7)37-17-23-40(24-18-37)45(41-25-19-38(43)20-26-41)42-27-21-39(44)22-28-42/h16-28,31-33H,8-14H2,1-7H3/i12D. The fourth-order valence-corrected chi connectivity index (χ4v) is 12.7. The molecule has 46 heavy (non-hydrogen) atoms. The second-order valence-corrected chi connectivity index (χ2v) is 20.8. The Labute approximate surface area is 299 Å². The number of rotatable bonds is 11. The normalized spacial score (nSPS) is 14.5. The van der Waals surface area contributed by atoms with E-state index in [4.69, 9.17) is 1.37 Å². The molecule has 0 aliphatic heterocycles. The third-order valence-corrected chi connectivity index (χ3v) is 16.8. The maximum atomic E-state index is 9.11. The van der Waals surface area contributed by atoms with Gasteiger partial charge in [0.2, 0.25) is 0 Å². The summed E-state index contributed by atoms with van der Waals surface area (Å²) in [6, 6.07) is 25.5. The van der Waals surface area contributed by atoms with Crippen molar-refractivity contribution in [3.8, 4) is 11.5 Å². The minimum absolute atomic E-state index is 0.335. The number of halogens is 2. The lowest BCUT2D eigenvalue weighted by Crippen LogP contribution is -2.43. The van der Waals surface area contributed by atoms with Crippen molar-refractivity contribution in [3.63, 3.8) is 0 Å². The predicted molar refractivity (Wildman–Crippen MR) is 212 cm³/mol. The van der Waals surface area contributed by atoms with Crippen molar-refractivity contribution in [1.82, 2.24) is 0 Å². The van der Waals surface area contributed by atoms with E-state index in [1.807, 2.05) is 0 Å². The Hall–Kier alpha value is -2.54. The number of allylic oxidation sites excluding steroid dienone is 3. The first kappa shape index (κ1) is 34.8. The molecule has 1 aliphatic rings. The summed E-state index contributed by atoms with van der Waals surface area (Å²) in [6.07, 6.45) is 8.08. The molecule has 0 amide bonds. The summed E-state index contributed by atoms with van der Waals surface area (Å²) in [6.45, 7) is 16.5. The monoisotopic (exact) mass is 756 g/mol. The number of hydrogen-bond acceptors (Lipinski definition) is 1. The van der Waals surface area contributed by atoms with Gasteiger partial charge in [-0.1, -0.05) is 105 Å². The molecule has 0 radical (unpaired) electrons. The lowest BCUT2D eigenvalue weighted by molar-refractivity contribution is 0.696. The highest BCUT2D eigenvalue weighted by molar-refractivity contribution is 9.10. The lowest BCUT2D eigenvalue weighted by atomic mass is 9.91. The summed E-state index contributed by atoms with van der Waals surface area (Å²) in [7, 11) is -1.81. The van der Waals surface area contributed by atoms with Crippen LogP contribution < -0.4 is 4.90 Å². The minimum atomic E-state index is -1.81. The highest BCUT2D eigenvalue weighted by Gasteiger charge is 2.41. The highest BCUT2D eigenvalue weighted by atomic mass is 79.9. The largest absolute Gasteiger partial charge is 0.311 e. The molecule has 0 saturated heterocycles. The van der Waals surface area contributed by atoms with Crippen molar-refractivity contribution >= 4 is 62.6 Å². The average molecular weight is 759 g/mol. The first-order valence-electron chi connectivity index (χ1n) is 17.6. The van der Waals surface area contributed by atoms with Crippen LogP contribution >= 0.6 is 31.9 Å². The van der Waals surface area contributed by atoms with Crippen LogP contribution in [0.5, 0.6) is 0 Å². The number of benzene rings is 3. The molecule has 0 spiro atoms. The quantitative estimate of drug-likeness (QED) is 0.107. The van der Waals surface area contributed by atoms with E-state index in [-0.39, 0.29) is 6.40 Å². The Morgan fingerprint density at radius 2 is 1.26 bits per heavy atom. The number of anilines is 3. The molecule has 1 aliphatic carbocycles. The van der Waals surface area contributed by atoms with E-state index in [0.29, 0.717) is 16.6 Å². The van der Waals surface area contributed by atoms with Crippen LogP contribution in [0.1, 0.15) is 100 Å². The summed E-state index contributed by atoms with van der Waals surface area (Å²) in [5, 5.41) is 0. The van der Waals surface area contributed by atoms with Crippen LogP contribution in [0.4, 0.5) is 17.1 Å². The van der Waals surface area contributed by atoms with E-state index in [1.165, 1.54) is 24.0 Å². The van der Waals surface area contributed by atoms with Gasteiger partial charge >= 0.3 is 0 Å². The fraction of sp³-hybridized carbons (Fsp3) is 0.405. The third kappa shape index (κ3) is 8.87. The molecule has 1 atom stereocenters. The molecule has 3 aromatic carbocycles. The first-order valence-corrected chi connectivity index (χ1v) is 20.8. The Morgan fingerprint density at radius 1 is 0.783 bits per heavy atom. The molecule has 0 fully saturated rings. The zero-order valence-corrected chi connectivity index (χ0v) is 32.9. The van der Waals surface area contributed by atoms with Crippen molar-refractivity contribution in [3.05, 3.63) is 110 Å². The van der Waals surface area contributed by atoms with Crippen LogP contribution in [0.25, 0.3) is 5.57 Å². The highest BCUT2D eigenvalue weighted by Crippen LogP contribution is 2.41. The molecule has 1 nitrogen and oxygen atoms in total. The van der Waals surface area contributed by atoms with Gasteiger partial charge in [0.25, 0.3) is 0 Å². The molecule has 0 aromatic heterocycles. The van der Waals surface area contributed by atoms with Gasteiger partial charge in [0.1, 0.15) is 8.07 Å². The van der Waals surface area contributed by atoms with E-state index in [9.17, 15) is 0 Å². The zero-order chi connectivity index (χ0) is 34.1. The van der Waals surface area contributed by atoms with Crippen LogP contribution in [0.2, 0.25) is 16.6 Å². The molecule has 0 N–H and O–H groups in total. The summed E-state index contributed by atoms with van der Waals surface area (Å²) in [5.74, 6) is 3.79. The summed E-state index contributed by atoms with van der Waals surface area (Å²) in [4.78, 5) is 2.26. The Morgan fingerprint density at radius 3 is 1.74 bits per heavy atom. The Balaban J connectivity index is 1.78. The molecule has 0 saturated carbocycles. The Kier molecular flexibility index (Phi) is 12.9. The lowest BCUT2D eigenvalue weighted by Gasteiger charge is -2.38. The third-order valence-electron chi connectivity index (χ3n) is 9.45. The SMILES string of the molecule is [2H]C(CCC)C(=C=CC1=C(C#C[Si](C(C)C)(C(C)C)C(C)C)CCCC1)c1ccc(N(c2ccc(Br)cc2)c2ccc(Br)cc2)cc1. The summed E-state index contributed by atoms with van der Waals surface area (Å²) < 4.78 is 11.2. The molecule has 242 valence electrons. The van der Waals surface area contributed by atoms with Crippen molar-refractivity contribution in [2.24, 2.45) is 0 Å². The van der Waals surface area contributed by atoms with Gasteiger partial charge in [-0.05, 0) is 133 Å². The van der Waals surface area contributed by atoms with Gasteiger partial charge in [0, 0.05) is 38.5 Å². The van der Waals surface area contributed by atoms with Crippen molar-refractivity contribution in [2.75, 3.05) is 4.90 Å². The fourth-order valence-electron chi connectivity index (χ4n) is 6.98. The van der Waals surface area contributed by atoms with E-state index in [1.54, 1.807) is 0 Å². The van der Waals surface area contributed by atoms with Gasteiger partial charge in [0.05, 0.1) is 0 Å². The van der Waals surface area contributed by atoms with E-state index in [0.717, 1.165) is 62.8 Å². The van der Waals surface area contributed by atoms with Gasteiger partial charge in [0.15, 0.2) is 0 Å². The van der Waals surface area contributed by atoms with Gasteiger partial charge < -0.3 is 4.90 Å². The minimum Gasteiger partial charge on any atom is -0.311 e. The van der Waals surface area contributed by atoms with Gasteiger partial charge in [-0.25, -0.2) is 0 Å². The predicted octanol–water partition coefficient (Wildman–Crippen LogP) is 14.5. The van der Waals surface area contributed by atoms with Crippen molar-refractivity contribution < 1.29 is 1.37 Å². The van der Waals surface area contributed by atoms with E-state index < -0.39 is 8.07 Å². The van der Waals surface area contributed by atoms with E-state index >= 15 is 0 Å². The molecule has 0 bridgehead atoms. The molecular formula is C42H51Br2NSi. The summed E-state index contributed by atoms with van der Waals surface area (Å²) in [5.41, 5.74) is 17.4. The maximum absolute atomic E-state index is 9.11. The zero-order valence-electron chi connectivity index (χ0n) is 29.8. The molecule has 4 rings (SSSR count). The molecular weight excluding hydrogens is 706 g/mol. The van der Waals surface area contributed by atoms with E-state index in [2.05, 4.69) is 181 Å². The van der Waals surface area contributed by atoms with Crippen molar-refractivity contribution in [1.29, 1.82) is 0 Å². The second kappa shape index (κ2) is 17.0. The first-order chi connectivity index (χ1) is 22.5. The van der Waals surface area contributed by atoms with Crippen molar-refractivity contribution in [2.45, 2.75) is 110 Å². The molecule has 1 unspecified atom stereocenters. The topological polar surface area (TPSA) is 3.24 Å². The van der Waals surface area contributed by atoms with Gasteiger partial charge in [-0.2, -0.15) is 0 Å². The van der Waals surface area contributed by atoms with Crippen LogP contribution in [0, 0.1) is 11.5 Å². The average Bonchev–Trinajstić information content (AvgIpc) is 3.04.